The number of hydrogen-bond donors (Lipinski definition) is 0. The topological polar surface area (TPSA) is 92.5 Å². The molecule has 2 aromatic rings. The van der Waals surface area contributed by atoms with Gasteiger partial charge >= 0.3 is 5.97 Å². The molecule has 1 fully saturated rings. The summed E-state index contributed by atoms with van der Waals surface area (Å²) in [6.07, 6.45) is 5.85. The van der Waals surface area contributed by atoms with E-state index in [1.54, 1.807) is 42.3 Å². The predicted octanol–water partition coefficient (Wildman–Crippen LogP) is 3.69. The zero-order chi connectivity index (χ0) is 20.6. The number of ether oxygens (including phenoxy) is 2. The summed E-state index contributed by atoms with van der Waals surface area (Å²) < 4.78 is 10.7. The maximum atomic E-state index is 13.1. The number of anilines is 1. The van der Waals surface area contributed by atoms with Gasteiger partial charge in [-0.2, -0.15) is 5.26 Å². The third-order valence-electron chi connectivity index (χ3n) is 4.81. The minimum absolute atomic E-state index is 0.0716. The fourth-order valence-electron chi connectivity index (χ4n) is 3.40. The van der Waals surface area contributed by atoms with Crippen LogP contribution >= 0.6 is 11.3 Å². The van der Waals surface area contributed by atoms with Crippen LogP contribution in [0.15, 0.2) is 35.8 Å². The van der Waals surface area contributed by atoms with Gasteiger partial charge in [0.2, 0.25) is 0 Å². The van der Waals surface area contributed by atoms with E-state index < -0.39 is 12.1 Å². The summed E-state index contributed by atoms with van der Waals surface area (Å²) in [6, 6.07) is 8.70. The Kier molecular flexibility index (Phi) is 7.19. The molecule has 1 aromatic heterocycles. The van der Waals surface area contributed by atoms with Crippen LogP contribution in [-0.4, -0.2) is 35.6 Å². The van der Waals surface area contributed by atoms with Crippen LogP contribution in [-0.2, 0) is 14.3 Å². The molecule has 1 heterocycles. The smallest absolute Gasteiger partial charge is 0.344 e. The first-order valence-corrected chi connectivity index (χ1v) is 10.5. The van der Waals surface area contributed by atoms with Crippen molar-refractivity contribution in [3.63, 3.8) is 0 Å². The van der Waals surface area contributed by atoms with Gasteiger partial charge in [-0.05, 0) is 31.9 Å². The van der Waals surface area contributed by atoms with Gasteiger partial charge in [0.15, 0.2) is 17.8 Å². The molecule has 1 aliphatic rings. The molecule has 0 radical (unpaired) electrons. The molecule has 1 aromatic carbocycles. The van der Waals surface area contributed by atoms with Gasteiger partial charge in [-0.15, -0.1) is 11.3 Å². The van der Waals surface area contributed by atoms with Crippen molar-refractivity contribution in [1.29, 1.82) is 5.26 Å². The highest BCUT2D eigenvalue weighted by Gasteiger charge is 2.33. The molecule has 8 heteroatoms. The van der Waals surface area contributed by atoms with E-state index in [-0.39, 0.29) is 18.6 Å². The largest absolute Gasteiger partial charge is 0.481 e. The van der Waals surface area contributed by atoms with Crippen LogP contribution in [0.25, 0.3) is 0 Å². The maximum Gasteiger partial charge on any atom is 0.344 e. The number of carbonyl (C=O) groups excluding carboxylic acids is 2. The van der Waals surface area contributed by atoms with Crippen LogP contribution < -0.4 is 9.64 Å². The van der Waals surface area contributed by atoms with E-state index in [1.807, 2.05) is 11.4 Å². The number of amides is 1. The molecule has 1 atom stereocenters. The Hall–Kier alpha value is -2.92. The number of hydrogen-bond acceptors (Lipinski definition) is 7. The van der Waals surface area contributed by atoms with Gasteiger partial charge in [-0.3, -0.25) is 9.69 Å². The van der Waals surface area contributed by atoms with Gasteiger partial charge in [0.05, 0.1) is 5.56 Å². The molecule has 1 saturated carbocycles. The lowest BCUT2D eigenvalue weighted by Crippen LogP contribution is -2.47. The van der Waals surface area contributed by atoms with Gasteiger partial charge < -0.3 is 9.47 Å². The van der Waals surface area contributed by atoms with E-state index >= 15 is 0 Å². The summed E-state index contributed by atoms with van der Waals surface area (Å²) in [5.41, 5.74) is 0.330. The number of benzene rings is 1. The highest BCUT2D eigenvalue weighted by molar-refractivity contribution is 7.13. The van der Waals surface area contributed by atoms with Gasteiger partial charge in [0.1, 0.15) is 11.8 Å². The second-order valence-corrected chi connectivity index (χ2v) is 7.72. The summed E-state index contributed by atoms with van der Waals surface area (Å²) in [7, 11) is 0. The molecular weight excluding hydrogens is 390 g/mol. The van der Waals surface area contributed by atoms with E-state index in [0.717, 1.165) is 25.7 Å². The van der Waals surface area contributed by atoms with Crippen molar-refractivity contribution in [1.82, 2.24) is 4.98 Å². The number of nitrogens with zero attached hydrogens (tertiary/aromatic N) is 3. The lowest BCUT2D eigenvalue weighted by atomic mass is 9.94. The number of carbonyl (C=O) groups is 2. The number of esters is 1. The fraction of sp³-hybridized carbons (Fsp3) is 0.429. The average molecular weight is 413 g/mol. The van der Waals surface area contributed by atoms with Crippen molar-refractivity contribution < 1.29 is 19.1 Å². The molecule has 1 unspecified atom stereocenters. The maximum absolute atomic E-state index is 13.1. The second-order valence-electron chi connectivity index (χ2n) is 6.84. The van der Waals surface area contributed by atoms with Gasteiger partial charge in [-0.25, -0.2) is 9.78 Å². The Morgan fingerprint density at radius 3 is 2.76 bits per heavy atom. The van der Waals surface area contributed by atoms with Crippen LogP contribution in [0.3, 0.4) is 0 Å². The van der Waals surface area contributed by atoms with Gasteiger partial charge in [0, 0.05) is 17.6 Å². The quantitative estimate of drug-likeness (QED) is 0.643. The summed E-state index contributed by atoms with van der Waals surface area (Å²) in [6.45, 7) is 1.18. The molecule has 0 saturated heterocycles. The fourth-order valence-corrected chi connectivity index (χ4v) is 4.12. The third kappa shape index (κ3) is 5.33. The molecule has 1 aliphatic carbocycles. The first-order valence-electron chi connectivity index (χ1n) is 9.64. The Morgan fingerprint density at radius 1 is 1.31 bits per heavy atom. The summed E-state index contributed by atoms with van der Waals surface area (Å²) in [5, 5.41) is 11.5. The highest BCUT2D eigenvalue weighted by atomic mass is 32.1. The molecule has 0 spiro atoms. The lowest BCUT2D eigenvalue weighted by molar-refractivity contribution is -0.156. The van der Waals surface area contributed by atoms with E-state index in [4.69, 9.17) is 14.7 Å². The number of rotatable bonds is 7. The first-order chi connectivity index (χ1) is 14.1. The van der Waals surface area contributed by atoms with Crippen molar-refractivity contribution in [3.8, 4) is 11.8 Å². The molecule has 1 amide bonds. The zero-order valence-corrected chi connectivity index (χ0v) is 17.1. The second kappa shape index (κ2) is 10.0. The van der Waals surface area contributed by atoms with Gasteiger partial charge in [0.25, 0.3) is 5.91 Å². The first kappa shape index (κ1) is 20.8. The SMILES string of the molecule is CC(OC(=O)COc1ccccc1C#N)C(=O)N(c1nccs1)C1CCCCC1. The van der Waals surface area contributed by atoms with Crippen molar-refractivity contribution in [2.45, 2.75) is 51.2 Å². The Balaban J connectivity index is 1.61. The highest BCUT2D eigenvalue weighted by Crippen LogP contribution is 2.29. The van der Waals surface area contributed by atoms with E-state index in [9.17, 15) is 9.59 Å². The van der Waals surface area contributed by atoms with E-state index in [0.29, 0.717) is 16.4 Å². The third-order valence-corrected chi connectivity index (χ3v) is 5.58. The van der Waals surface area contributed by atoms with Crippen LogP contribution in [0, 0.1) is 11.3 Å². The molecule has 0 N–H and O–H groups in total. The zero-order valence-electron chi connectivity index (χ0n) is 16.2. The average Bonchev–Trinajstić information content (AvgIpc) is 3.27. The Labute approximate surface area is 173 Å². The molecule has 0 bridgehead atoms. The van der Waals surface area contributed by atoms with Crippen LogP contribution in [0.2, 0.25) is 0 Å². The minimum Gasteiger partial charge on any atom is -0.481 e. The summed E-state index contributed by atoms with van der Waals surface area (Å²) in [4.78, 5) is 31.3. The van der Waals surface area contributed by atoms with Gasteiger partial charge in [-0.1, -0.05) is 31.4 Å². The van der Waals surface area contributed by atoms with Crippen molar-refractivity contribution in [3.05, 3.63) is 41.4 Å². The molecule has 29 heavy (non-hydrogen) atoms. The van der Waals surface area contributed by atoms with Crippen LogP contribution in [0.5, 0.6) is 5.75 Å². The van der Waals surface area contributed by atoms with E-state index in [2.05, 4.69) is 4.98 Å². The number of thiazole rings is 1. The minimum atomic E-state index is -0.955. The standard InChI is InChI=1S/C21H23N3O4S/c1-15(28-19(25)14-27-18-10-6-5-7-16(18)13-22)20(26)24(21-23-11-12-29-21)17-8-3-2-4-9-17/h5-7,10-12,15,17H,2-4,8-9,14H2,1H3. The Bertz CT molecular complexity index is 872. The summed E-state index contributed by atoms with van der Waals surface area (Å²) >= 11 is 1.40. The molecule has 3 rings (SSSR count). The number of nitriles is 1. The van der Waals surface area contributed by atoms with Crippen molar-refractivity contribution in [2.24, 2.45) is 0 Å². The molecule has 0 aliphatic heterocycles. The molecular formula is C21H23N3O4S. The number of para-hydroxylation sites is 1. The normalized spacial score (nSPS) is 15.2. The van der Waals surface area contributed by atoms with Crippen molar-refractivity contribution in [2.75, 3.05) is 11.5 Å². The predicted molar refractivity (Wildman–Crippen MR) is 109 cm³/mol. The van der Waals surface area contributed by atoms with Crippen LogP contribution in [0.4, 0.5) is 5.13 Å². The Morgan fingerprint density at radius 2 is 2.07 bits per heavy atom. The lowest BCUT2D eigenvalue weighted by Gasteiger charge is -2.33. The molecule has 7 nitrogen and oxygen atoms in total. The monoisotopic (exact) mass is 413 g/mol. The van der Waals surface area contributed by atoms with Crippen molar-refractivity contribution >= 4 is 28.3 Å². The van der Waals surface area contributed by atoms with Crippen LogP contribution in [0.1, 0.15) is 44.6 Å². The molecule has 152 valence electrons. The number of aromatic nitrogens is 1. The summed E-state index contributed by atoms with van der Waals surface area (Å²) in [5.74, 6) is -0.642. The van der Waals surface area contributed by atoms with E-state index in [1.165, 1.54) is 17.8 Å².